The number of nitrogens with zero attached hydrogens (tertiary/aromatic N) is 1. The first-order chi connectivity index (χ1) is 11.3. The second-order valence-corrected chi connectivity index (χ2v) is 6.37. The number of thiophene rings is 1. The summed E-state index contributed by atoms with van der Waals surface area (Å²) in [4.78, 5) is 14.8. The maximum atomic E-state index is 12.4. The van der Waals surface area contributed by atoms with Gasteiger partial charge in [0.1, 0.15) is 5.75 Å². The van der Waals surface area contributed by atoms with Crippen LogP contribution in [0, 0.1) is 0 Å². The summed E-state index contributed by atoms with van der Waals surface area (Å²) in [5, 5.41) is 1.99. The Balaban J connectivity index is 1.89. The van der Waals surface area contributed by atoms with Gasteiger partial charge in [-0.05, 0) is 30.4 Å². The molecule has 0 aliphatic carbocycles. The van der Waals surface area contributed by atoms with Crippen LogP contribution in [0.3, 0.4) is 0 Å². The molecule has 1 aromatic heterocycles. The first kappa shape index (κ1) is 18.3. The van der Waals surface area contributed by atoms with Gasteiger partial charge >= 0.3 is 6.36 Å². The van der Waals surface area contributed by atoms with Crippen LogP contribution in [0.1, 0.15) is 23.3 Å². The van der Waals surface area contributed by atoms with E-state index in [1.54, 1.807) is 24.5 Å². The van der Waals surface area contributed by atoms with Gasteiger partial charge in [0, 0.05) is 30.5 Å². The van der Waals surface area contributed by atoms with Crippen molar-refractivity contribution < 1.29 is 22.7 Å². The number of hydrogen-bond donors (Lipinski definition) is 0. The number of ether oxygens (including phenoxy) is 1. The summed E-state index contributed by atoms with van der Waals surface area (Å²) >= 11 is 1.64. The molecule has 1 amide bonds. The number of halogens is 3. The summed E-state index contributed by atoms with van der Waals surface area (Å²) < 4.78 is 41.3. The highest BCUT2D eigenvalue weighted by Gasteiger charge is 2.32. The lowest BCUT2D eigenvalue weighted by molar-refractivity contribution is -0.275. The number of para-hydroxylation sites is 1. The second kappa shape index (κ2) is 8.19. The zero-order valence-electron chi connectivity index (χ0n) is 13.2. The van der Waals surface area contributed by atoms with E-state index in [2.05, 4.69) is 4.74 Å². The highest BCUT2D eigenvalue weighted by molar-refractivity contribution is 7.09. The standard InChI is InChI=1S/C17H18F3NO2S/c1-21(16(22)10-4-7-14-8-5-11-24-14)12-13-6-2-3-9-15(13)23-17(18,19)20/h2-3,5-6,8-9,11H,4,7,10,12H2,1H3. The van der Waals surface area contributed by atoms with Crippen molar-refractivity contribution in [2.45, 2.75) is 32.2 Å². The summed E-state index contributed by atoms with van der Waals surface area (Å²) in [6.07, 6.45) is -2.86. The second-order valence-electron chi connectivity index (χ2n) is 5.34. The maximum Gasteiger partial charge on any atom is 0.573 e. The molecule has 1 heterocycles. The Hall–Kier alpha value is -2.02. The van der Waals surface area contributed by atoms with Gasteiger partial charge in [0.25, 0.3) is 0 Å². The molecule has 24 heavy (non-hydrogen) atoms. The predicted molar refractivity (Wildman–Crippen MR) is 86.9 cm³/mol. The van der Waals surface area contributed by atoms with E-state index in [4.69, 9.17) is 0 Å². The van der Waals surface area contributed by atoms with Gasteiger partial charge in [0.05, 0.1) is 0 Å². The summed E-state index contributed by atoms with van der Waals surface area (Å²) in [6.45, 7) is 0.0735. The quantitative estimate of drug-likeness (QED) is 0.723. The molecule has 0 saturated carbocycles. The fourth-order valence-electron chi connectivity index (χ4n) is 2.26. The average molecular weight is 357 g/mol. The minimum Gasteiger partial charge on any atom is -0.405 e. The Morgan fingerprint density at radius 1 is 1.21 bits per heavy atom. The summed E-state index contributed by atoms with van der Waals surface area (Å²) in [5.41, 5.74) is 0.323. The van der Waals surface area contributed by atoms with Crippen molar-refractivity contribution >= 4 is 17.2 Å². The SMILES string of the molecule is CN(Cc1ccccc1OC(F)(F)F)C(=O)CCCc1cccs1. The number of hydrogen-bond acceptors (Lipinski definition) is 3. The number of carbonyl (C=O) groups excluding carboxylic acids is 1. The van der Waals surface area contributed by atoms with Crippen LogP contribution in [0.5, 0.6) is 5.75 Å². The number of carbonyl (C=O) groups is 1. The Kier molecular flexibility index (Phi) is 6.25. The number of benzene rings is 1. The third-order valence-electron chi connectivity index (χ3n) is 3.43. The Bertz CT molecular complexity index is 656. The van der Waals surface area contributed by atoms with Crippen molar-refractivity contribution in [3.05, 3.63) is 52.2 Å². The normalized spacial score (nSPS) is 11.3. The molecule has 0 fully saturated rings. The number of aryl methyl sites for hydroxylation is 1. The minimum atomic E-state index is -4.75. The lowest BCUT2D eigenvalue weighted by atomic mass is 10.1. The van der Waals surface area contributed by atoms with Crippen LogP contribution in [0.25, 0.3) is 0 Å². The molecule has 0 saturated heterocycles. The zero-order valence-corrected chi connectivity index (χ0v) is 14.0. The van der Waals surface area contributed by atoms with Crippen molar-refractivity contribution in [3.8, 4) is 5.75 Å². The summed E-state index contributed by atoms with van der Waals surface area (Å²) in [5.74, 6) is -0.378. The van der Waals surface area contributed by atoms with E-state index in [1.165, 1.54) is 28.0 Å². The molecule has 0 aliphatic heterocycles. The Morgan fingerprint density at radius 2 is 1.96 bits per heavy atom. The highest BCUT2D eigenvalue weighted by atomic mass is 32.1. The molecular formula is C17H18F3NO2S. The number of amides is 1. The topological polar surface area (TPSA) is 29.5 Å². The molecule has 7 heteroatoms. The predicted octanol–water partition coefficient (Wildman–Crippen LogP) is 4.63. The monoisotopic (exact) mass is 357 g/mol. The van der Waals surface area contributed by atoms with E-state index in [9.17, 15) is 18.0 Å². The average Bonchev–Trinajstić information content (AvgIpc) is 3.01. The third-order valence-corrected chi connectivity index (χ3v) is 4.36. The molecular weight excluding hydrogens is 339 g/mol. The van der Waals surface area contributed by atoms with Crippen LogP contribution in [0.2, 0.25) is 0 Å². The molecule has 130 valence electrons. The smallest absolute Gasteiger partial charge is 0.405 e. The molecule has 0 radical (unpaired) electrons. The molecule has 2 rings (SSSR count). The van der Waals surface area contributed by atoms with Gasteiger partial charge in [0.2, 0.25) is 5.91 Å². The van der Waals surface area contributed by atoms with E-state index < -0.39 is 6.36 Å². The minimum absolute atomic E-state index is 0.0735. The van der Waals surface area contributed by atoms with Crippen LogP contribution >= 0.6 is 11.3 Å². The van der Waals surface area contributed by atoms with Gasteiger partial charge in [-0.1, -0.05) is 24.3 Å². The maximum absolute atomic E-state index is 12.4. The lowest BCUT2D eigenvalue weighted by Gasteiger charge is -2.20. The molecule has 0 unspecified atom stereocenters. The van der Waals surface area contributed by atoms with Crippen LogP contribution < -0.4 is 4.74 Å². The number of rotatable bonds is 7. The van der Waals surface area contributed by atoms with Gasteiger partial charge in [0.15, 0.2) is 0 Å². The molecule has 0 spiro atoms. The molecule has 0 aliphatic rings. The van der Waals surface area contributed by atoms with E-state index >= 15 is 0 Å². The molecule has 0 atom stereocenters. The van der Waals surface area contributed by atoms with E-state index in [-0.39, 0.29) is 18.2 Å². The molecule has 2 aromatic rings. The first-order valence-electron chi connectivity index (χ1n) is 7.45. The van der Waals surface area contributed by atoms with Crippen LogP contribution in [-0.2, 0) is 17.8 Å². The molecule has 0 N–H and O–H groups in total. The van der Waals surface area contributed by atoms with Gasteiger partial charge in [-0.3, -0.25) is 4.79 Å². The highest BCUT2D eigenvalue weighted by Crippen LogP contribution is 2.27. The number of alkyl halides is 3. The first-order valence-corrected chi connectivity index (χ1v) is 8.33. The Morgan fingerprint density at radius 3 is 2.62 bits per heavy atom. The van der Waals surface area contributed by atoms with Gasteiger partial charge < -0.3 is 9.64 Å². The largest absolute Gasteiger partial charge is 0.573 e. The summed E-state index contributed by atoms with van der Waals surface area (Å²) in [6, 6.07) is 9.84. The molecule has 3 nitrogen and oxygen atoms in total. The van der Waals surface area contributed by atoms with Gasteiger partial charge in [-0.2, -0.15) is 0 Å². The zero-order chi connectivity index (χ0) is 17.6. The molecule has 1 aromatic carbocycles. The third kappa shape index (κ3) is 5.88. The van der Waals surface area contributed by atoms with Gasteiger partial charge in [-0.25, -0.2) is 0 Å². The Labute approximate surface area is 142 Å². The van der Waals surface area contributed by atoms with E-state index in [1.807, 2.05) is 17.5 Å². The van der Waals surface area contributed by atoms with Crippen LogP contribution in [-0.4, -0.2) is 24.2 Å². The fraction of sp³-hybridized carbons (Fsp3) is 0.353. The fourth-order valence-corrected chi connectivity index (χ4v) is 3.01. The molecule has 0 bridgehead atoms. The van der Waals surface area contributed by atoms with Crippen LogP contribution in [0.4, 0.5) is 13.2 Å². The van der Waals surface area contributed by atoms with Gasteiger partial charge in [-0.15, -0.1) is 24.5 Å². The summed E-state index contributed by atoms with van der Waals surface area (Å²) in [7, 11) is 1.58. The van der Waals surface area contributed by atoms with E-state index in [0.717, 1.165) is 6.42 Å². The van der Waals surface area contributed by atoms with Crippen molar-refractivity contribution in [1.82, 2.24) is 4.90 Å². The van der Waals surface area contributed by atoms with Crippen molar-refractivity contribution in [2.24, 2.45) is 0 Å². The van der Waals surface area contributed by atoms with Crippen molar-refractivity contribution in [3.63, 3.8) is 0 Å². The van der Waals surface area contributed by atoms with Crippen molar-refractivity contribution in [1.29, 1.82) is 0 Å². The van der Waals surface area contributed by atoms with Crippen molar-refractivity contribution in [2.75, 3.05) is 7.05 Å². The lowest BCUT2D eigenvalue weighted by Crippen LogP contribution is -2.27. The van der Waals surface area contributed by atoms with E-state index in [0.29, 0.717) is 18.4 Å². The van der Waals surface area contributed by atoms with Crippen LogP contribution in [0.15, 0.2) is 41.8 Å².